The molecule has 2 aromatic rings. The van der Waals surface area contributed by atoms with E-state index in [0.29, 0.717) is 30.1 Å². The molecule has 2 rings (SSSR count). The summed E-state index contributed by atoms with van der Waals surface area (Å²) in [7, 11) is 1.57. The van der Waals surface area contributed by atoms with Gasteiger partial charge >= 0.3 is 0 Å². The summed E-state index contributed by atoms with van der Waals surface area (Å²) in [5, 5.41) is 6.90. The summed E-state index contributed by atoms with van der Waals surface area (Å²) in [4.78, 5) is 11.9. The number of halogens is 1. The molecule has 0 aliphatic heterocycles. The molecule has 0 spiro atoms. The van der Waals surface area contributed by atoms with Crippen LogP contribution in [0.1, 0.15) is 6.42 Å². The van der Waals surface area contributed by atoms with Crippen LogP contribution in [0.2, 0.25) is 0 Å². The van der Waals surface area contributed by atoms with Gasteiger partial charge < -0.3 is 15.8 Å². The molecular formula is C13H15IN4O2. The molecule has 0 aliphatic carbocycles. The van der Waals surface area contributed by atoms with Crippen molar-refractivity contribution >= 4 is 39.9 Å². The van der Waals surface area contributed by atoms with Crippen molar-refractivity contribution in [1.29, 1.82) is 0 Å². The third-order valence-corrected chi connectivity index (χ3v) is 3.26. The average molecular weight is 386 g/mol. The number of hydrogen-bond donors (Lipinski definition) is 2. The minimum atomic E-state index is -0.104. The second-order valence-corrected chi connectivity index (χ2v) is 5.42. The molecule has 20 heavy (non-hydrogen) atoms. The number of carbonyl (C=O) groups excluding carboxylic acids is 1. The first-order valence-corrected chi connectivity index (χ1v) is 7.07. The van der Waals surface area contributed by atoms with Crippen molar-refractivity contribution in [3.05, 3.63) is 34.2 Å². The Bertz CT molecular complexity index is 612. The minimum Gasteiger partial charge on any atom is -0.497 e. The zero-order chi connectivity index (χ0) is 14.5. The van der Waals surface area contributed by atoms with Crippen LogP contribution in [0.5, 0.6) is 5.75 Å². The maximum absolute atomic E-state index is 11.9. The number of ether oxygens (including phenoxy) is 1. The van der Waals surface area contributed by atoms with Gasteiger partial charge in [0.1, 0.15) is 5.75 Å². The molecule has 7 heteroatoms. The monoisotopic (exact) mass is 386 g/mol. The van der Waals surface area contributed by atoms with Crippen LogP contribution < -0.4 is 15.8 Å². The van der Waals surface area contributed by atoms with E-state index < -0.39 is 0 Å². The highest BCUT2D eigenvalue weighted by molar-refractivity contribution is 14.1. The number of amides is 1. The van der Waals surface area contributed by atoms with E-state index in [1.807, 2.05) is 6.20 Å². The van der Waals surface area contributed by atoms with Crippen LogP contribution in [-0.2, 0) is 11.3 Å². The van der Waals surface area contributed by atoms with Crippen molar-refractivity contribution in [1.82, 2.24) is 9.78 Å². The van der Waals surface area contributed by atoms with Gasteiger partial charge in [-0.25, -0.2) is 0 Å². The lowest BCUT2D eigenvalue weighted by molar-refractivity contribution is -0.116. The van der Waals surface area contributed by atoms with Crippen LogP contribution >= 0.6 is 22.6 Å². The number of aryl methyl sites for hydroxylation is 1. The van der Waals surface area contributed by atoms with E-state index in [9.17, 15) is 4.79 Å². The Hall–Kier alpha value is -1.77. The quantitative estimate of drug-likeness (QED) is 0.609. The molecule has 3 N–H and O–H groups in total. The summed E-state index contributed by atoms with van der Waals surface area (Å²) in [6, 6.07) is 5.15. The van der Waals surface area contributed by atoms with E-state index in [4.69, 9.17) is 10.5 Å². The number of nitrogens with one attached hydrogen (secondary N) is 1. The maximum Gasteiger partial charge on any atom is 0.226 e. The molecule has 1 aromatic heterocycles. The molecule has 6 nitrogen and oxygen atoms in total. The van der Waals surface area contributed by atoms with Gasteiger partial charge in [0.05, 0.1) is 28.3 Å². The second kappa shape index (κ2) is 6.60. The normalized spacial score (nSPS) is 10.3. The van der Waals surface area contributed by atoms with Crippen LogP contribution in [-0.4, -0.2) is 22.8 Å². The summed E-state index contributed by atoms with van der Waals surface area (Å²) < 4.78 is 7.84. The van der Waals surface area contributed by atoms with Crippen LogP contribution in [0.4, 0.5) is 11.4 Å². The zero-order valence-electron chi connectivity index (χ0n) is 11.0. The van der Waals surface area contributed by atoms with Crippen LogP contribution in [0.15, 0.2) is 30.6 Å². The van der Waals surface area contributed by atoms with Gasteiger partial charge in [-0.15, -0.1) is 0 Å². The fraction of sp³-hybridized carbons (Fsp3) is 0.231. The molecule has 1 amide bonds. The van der Waals surface area contributed by atoms with Crippen LogP contribution in [0.25, 0.3) is 0 Å². The molecule has 0 unspecified atom stereocenters. The Kier molecular flexibility index (Phi) is 4.83. The van der Waals surface area contributed by atoms with Gasteiger partial charge in [-0.2, -0.15) is 5.10 Å². The lowest BCUT2D eigenvalue weighted by atomic mass is 10.2. The Morgan fingerprint density at radius 1 is 1.55 bits per heavy atom. The summed E-state index contributed by atoms with van der Waals surface area (Å²) >= 11 is 2.17. The molecule has 0 fully saturated rings. The first-order chi connectivity index (χ1) is 9.58. The highest BCUT2D eigenvalue weighted by Gasteiger charge is 2.07. The number of carbonyl (C=O) groups is 1. The number of nitrogen functional groups attached to an aromatic ring is 1. The molecule has 0 atom stereocenters. The molecule has 0 bridgehead atoms. The molecule has 106 valence electrons. The molecule has 1 heterocycles. The highest BCUT2D eigenvalue weighted by atomic mass is 127. The summed E-state index contributed by atoms with van der Waals surface area (Å²) in [5.74, 6) is 0.555. The van der Waals surface area contributed by atoms with E-state index in [1.54, 1.807) is 36.2 Å². The number of benzene rings is 1. The van der Waals surface area contributed by atoms with Crippen LogP contribution in [0, 0.1) is 3.57 Å². The topological polar surface area (TPSA) is 82.2 Å². The lowest BCUT2D eigenvalue weighted by Crippen LogP contribution is -2.15. The lowest BCUT2D eigenvalue weighted by Gasteiger charge is -2.09. The van der Waals surface area contributed by atoms with Gasteiger partial charge in [0.2, 0.25) is 5.91 Å². The van der Waals surface area contributed by atoms with Gasteiger partial charge in [-0.3, -0.25) is 9.48 Å². The van der Waals surface area contributed by atoms with E-state index in [0.717, 1.165) is 3.57 Å². The Labute approximate surface area is 130 Å². The van der Waals surface area contributed by atoms with Crippen molar-refractivity contribution < 1.29 is 9.53 Å². The smallest absolute Gasteiger partial charge is 0.226 e. The van der Waals surface area contributed by atoms with Crippen molar-refractivity contribution in [3.63, 3.8) is 0 Å². The number of rotatable bonds is 5. The SMILES string of the molecule is COc1ccc(NC(=O)CCn2cc(I)cn2)c(N)c1. The van der Waals surface area contributed by atoms with Crippen molar-refractivity contribution in [2.24, 2.45) is 0 Å². The Morgan fingerprint density at radius 2 is 2.35 bits per heavy atom. The number of aromatic nitrogens is 2. The van der Waals surface area contributed by atoms with Crippen molar-refractivity contribution in [3.8, 4) is 5.75 Å². The zero-order valence-corrected chi connectivity index (χ0v) is 13.1. The minimum absolute atomic E-state index is 0.104. The third-order valence-electron chi connectivity index (χ3n) is 2.70. The van der Waals surface area contributed by atoms with E-state index in [2.05, 4.69) is 33.0 Å². The predicted octanol–water partition coefficient (Wildman–Crippen LogP) is 2.11. The van der Waals surface area contributed by atoms with Gasteiger partial charge in [0.15, 0.2) is 0 Å². The molecule has 0 aliphatic rings. The largest absolute Gasteiger partial charge is 0.497 e. The summed E-state index contributed by atoms with van der Waals surface area (Å²) in [5.41, 5.74) is 6.91. The van der Waals surface area contributed by atoms with Gasteiger partial charge in [-0.1, -0.05) is 0 Å². The molecule has 0 saturated carbocycles. The fourth-order valence-electron chi connectivity index (χ4n) is 1.67. The van der Waals surface area contributed by atoms with E-state index in [-0.39, 0.29) is 5.91 Å². The first kappa shape index (κ1) is 14.6. The third kappa shape index (κ3) is 3.86. The summed E-state index contributed by atoms with van der Waals surface area (Å²) in [6.45, 7) is 0.533. The van der Waals surface area contributed by atoms with E-state index >= 15 is 0 Å². The second-order valence-electron chi connectivity index (χ2n) is 4.17. The number of anilines is 2. The number of nitrogens with zero attached hydrogens (tertiary/aromatic N) is 2. The number of nitrogens with two attached hydrogens (primary N) is 1. The first-order valence-electron chi connectivity index (χ1n) is 6.00. The Morgan fingerprint density at radius 3 is 2.95 bits per heavy atom. The number of hydrogen-bond acceptors (Lipinski definition) is 4. The molecule has 0 radical (unpaired) electrons. The Balaban J connectivity index is 1.91. The van der Waals surface area contributed by atoms with Crippen molar-refractivity contribution in [2.75, 3.05) is 18.2 Å². The predicted molar refractivity (Wildman–Crippen MR) is 85.6 cm³/mol. The average Bonchev–Trinajstić information content (AvgIpc) is 2.84. The maximum atomic E-state index is 11.9. The standard InChI is InChI=1S/C13H15IN4O2/c1-20-10-2-3-12(11(15)6-10)17-13(19)4-5-18-8-9(14)7-16-18/h2-3,6-8H,4-5,15H2,1H3,(H,17,19). The van der Waals surface area contributed by atoms with Crippen LogP contribution in [0.3, 0.4) is 0 Å². The molecule has 0 saturated heterocycles. The summed E-state index contributed by atoms with van der Waals surface area (Å²) in [6.07, 6.45) is 3.97. The number of methoxy groups -OCH3 is 1. The molecular weight excluding hydrogens is 371 g/mol. The highest BCUT2D eigenvalue weighted by Crippen LogP contribution is 2.24. The fourth-order valence-corrected chi connectivity index (χ4v) is 2.12. The van der Waals surface area contributed by atoms with Gasteiger partial charge in [0, 0.05) is 25.2 Å². The van der Waals surface area contributed by atoms with Gasteiger partial charge in [0.25, 0.3) is 0 Å². The molecule has 1 aromatic carbocycles. The van der Waals surface area contributed by atoms with Crippen molar-refractivity contribution in [2.45, 2.75) is 13.0 Å². The van der Waals surface area contributed by atoms with E-state index in [1.165, 1.54) is 0 Å². The van der Waals surface area contributed by atoms with Gasteiger partial charge in [-0.05, 0) is 34.7 Å².